The van der Waals surface area contributed by atoms with Crippen LogP contribution in [0.4, 0.5) is 0 Å². The number of aryl methyl sites for hydroxylation is 1. The molecule has 3 heterocycles. The second-order valence-corrected chi connectivity index (χ2v) is 8.73. The van der Waals surface area contributed by atoms with Crippen LogP contribution in [0.2, 0.25) is 0 Å². The van der Waals surface area contributed by atoms with Gasteiger partial charge >= 0.3 is 5.69 Å². The van der Waals surface area contributed by atoms with Crippen LogP contribution in [0.1, 0.15) is 25.1 Å². The predicted octanol–water partition coefficient (Wildman–Crippen LogP) is 4.61. The third-order valence-corrected chi connectivity index (χ3v) is 6.22. The Morgan fingerprint density at radius 2 is 1.65 bits per heavy atom. The maximum Gasteiger partial charge on any atom is 0.333 e. The number of fused-ring (bicyclic) bond motifs is 3. The van der Waals surface area contributed by atoms with Gasteiger partial charge < -0.3 is 0 Å². The molecule has 3 aromatic heterocycles. The first kappa shape index (κ1) is 21.1. The molecule has 0 fully saturated rings. The molecule has 0 radical (unpaired) electrons. The zero-order valence-electron chi connectivity index (χ0n) is 18.9. The van der Waals surface area contributed by atoms with Gasteiger partial charge in [-0.05, 0) is 61.4 Å². The Balaban J connectivity index is 1.76. The Hall–Kier alpha value is -4.75. The minimum absolute atomic E-state index is 0.179. The molecule has 7 heteroatoms. The van der Waals surface area contributed by atoms with Crippen LogP contribution in [0.5, 0.6) is 0 Å². The lowest BCUT2D eigenvalue weighted by Crippen LogP contribution is -2.21. The molecule has 0 atom stereocenters. The van der Waals surface area contributed by atoms with E-state index in [0.29, 0.717) is 16.9 Å². The summed E-state index contributed by atoms with van der Waals surface area (Å²) in [6, 6.07) is 21.3. The number of hydrogen-bond acceptors (Lipinski definition) is 5. The monoisotopic (exact) mass is 444 g/mol. The lowest BCUT2D eigenvalue weighted by Gasteiger charge is -2.16. The molecule has 0 bridgehead atoms. The summed E-state index contributed by atoms with van der Waals surface area (Å²) in [5, 5.41) is 19.3. The van der Waals surface area contributed by atoms with E-state index in [0.717, 1.165) is 33.1 Å². The molecule has 0 amide bonds. The summed E-state index contributed by atoms with van der Waals surface area (Å²) in [4.78, 5) is 22.0. The highest BCUT2D eigenvalue weighted by Gasteiger charge is 2.21. The van der Waals surface area contributed by atoms with Crippen LogP contribution in [-0.4, -0.2) is 19.1 Å². The van der Waals surface area contributed by atoms with Gasteiger partial charge in [-0.25, -0.2) is 9.78 Å². The van der Waals surface area contributed by atoms with Crippen molar-refractivity contribution in [1.82, 2.24) is 19.1 Å². The first-order valence-electron chi connectivity index (χ1n) is 10.7. The van der Waals surface area contributed by atoms with Gasteiger partial charge in [-0.2, -0.15) is 10.5 Å². The normalized spacial score (nSPS) is 11.4. The van der Waals surface area contributed by atoms with Gasteiger partial charge in [0.15, 0.2) is 0 Å². The molecule has 0 spiro atoms. The summed E-state index contributed by atoms with van der Waals surface area (Å²) in [6.07, 6.45) is 3.38. The molecular weight excluding hydrogens is 424 g/mol. The first-order chi connectivity index (χ1) is 16.3. The van der Waals surface area contributed by atoms with Crippen molar-refractivity contribution in [2.45, 2.75) is 19.3 Å². The Labute approximate surface area is 195 Å². The van der Waals surface area contributed by atoms with Crippen LogP contribution in [-0.2, 0) is 12.5 Å². The van der Waals surface area contributed by atoms with Crippen molar-refractivity contribution in [1.29, 1.82) is 10.5 Å². The van der Waals surface area contributed by atoms with Crippen molar-refractivity contribution in [2.24, 2.45) is 7.05 Å². The molecule has 0 saturated carbocycles. The predicted molar refractivity (Wildman–Crippen MR) is 130 cm³/mol. The van der Waals surface area contributed by atoms with E-state index in [2.05, 4.69) is 16.0 Å². The first-order valence-corrected chi connectivity index (χ1v) is 10.7. The number of rotatable bonds is 3. The minimum atomic E-state index is -0.622. The van der Waals surface area contributed by atoms with Crippen LogP contribution in [0.15, 0.2) is 71.8 Å². The largest absolute Gasteiger partial charge is 0.333 e. The third-order valence-electron chi connectivity index (χ3n) is 6.22. The summed E-state index contributed by atoms with van der Waals surface area (Å²) in [7, 11) is 1.73. The fourth-order valence-corrected chi connectivity index (χ4v) is 4.14. The van der Waals surface area contributed by atoms with E-state index in [1.54, 1.807) is 34.6 Å². The molecule has 0 aliphatic rings. The summed E-state index contributed by atoms with van der Waals surface area (Å²) in [5.74, 6) is 0. The van der Waals surface area contributed by atoms with E-state index >= 15 is 0 Å². The lowest BCUT2D eigenvalue weighted by molar-refractivity contribution is 0.686. The molecule has 5 rings (SSSR count). The van der Waals surface area contributed by atoms with E-state index in [1.165, 1.54) is 0 Å². The molecule has 5 aromatic rings. The van der Waals surface area contributed by atoms with E-state index < -0.39 is 5.41 Å². The number of pyridine rings is 2. The SMILES string of the molecule is Cn1c(=O)n(-c2ccc(C(C)(C)C#N)cc2)c2c3cc(-c4ccc(C#N)nc4)ccc3ncc21. The van der Waals surface area contributed by atoms with Gasteiger partial charge in [0.2, 0.25) is 0 Å². The van der Waals surface area contributed by atoms with Crippen molar-refractivity contribution in [3.63, 3.8) is 0 Å². The van der Waals surface area contributed by atoms with Crippen molar-refractivity contribution < 1.29 is 0 Å². The molecule has 0 unspecified atom stereocenters. The number of nitriles is 2. The van der Waals surface area contributed by atoms with Crippen molar-refractivity contribution in [3.05, 3.63) is 88.7 Å². The molecule has 2 aromatic carbocycles. The van der Waals surface area contributed by atoms with Gasteiger partial charge in [0.1, 0.15) is 11.8 Å². The average Bonchev–Trinajstić information content (AvgIpc) is 3.14. The highest BCUT2D eigenvalue weighted by molar-refractivity contribution is 6.04. The zero-order chi connectivity index (χ0) is 24.0. The number of benzene rings is 2. The van der Waals surface area contributed by atoms with Crippen molar-refractivity contribution in [2.75, 3.05) is 0 Å². The molecule has 0 aliphatic carbocycles. The Morgan fingerprint density at radius 1 is 0.912 bits per heavy atom. The van der Waals surface area contributed by atoms with E-state index in [9.17, 15) is 10.1 Å². The molecule has 164 valence electrons. The average molecular weight is 444 g/mol. The molecular formula is C27H20N6O. The van der Waals surface area contributed by atoms with Crippen molar-refractivity contribution >= 4 is 21.9 Å². The number of aromatic nitrogens is 4. The van der Waals surface area contributed by atoms with Crippen LogP contribution in [0, 0.1) is 22.7 Å². The highest BCUT2D eigenvalue weighted by atomic mass is 16.1. The Kier molecular flexibility index (Phi) is 4.77. The van der Waals surface area contributed by atoms with E-state index in [1.807, 2.05) is 68.4 Å². The summed E-state index contributed by atoms with van der Waals surface area (Å²) in [5.41, 5.74) is 5.17. The van der Waals surface area contributed by atoms with Crippen LogP contribution in [0.3, 0.4) is 0 Å². The van der Waals surface area contributed by atoms with Crippen molar-refractivity contribution in [3.8, 4) is 29.0 Å². The number of hydrogen-bond donors (Lipinski definition) is 0. The maximum atomic E-state index is 13.3. The summed E-state index contributed by atoms with van der Waals surface area (Å²) in [6.45, 7) is 3.73. The maximum absolute atomic E-state index is 13.3. The van der Waals surface area contributed by atoms with Crippen LogP contribution in [0.25, 0.3) is 38.8 Å². The van der Waals surface area contributed by atoms with Gasteiger partial charge in [-0.15, -0.1) is 0 Å². The van der Waals surface area contributed by atoms with Gasteiger partial charge in [-0.3, -0.25) is 14.1 Å². The van der Waals surface area contributed by atoms with Gasteiger partial charge in [0.05, 0.1) is 39.9 Å². The van der Waals surface area contributed by atoms with Crippen LogP contribution < -0.4 is 5.69 Å². The standard InChI is InChI=1S/C27H20N6O/c1-27(2,16-29)19-6-9-21(10-7-19)33-25-22-12-17(18-4-8-20(13-28)30-14-18)5-11-23(22)31-15-24(25)32(3)26(33)34/h4-12,14-15H,1-3H3. The Bertz CT molecular complexity index is 1710. The molecule has 0 N–H and O–H groups in total. The lowest BCUT2D eigenvalue weighted by atomic mass is 9.86. The summed E-state index contributed by atoms with van der Waals surface area (Å²) >= 11 is 0. The van der Waals surface area contributed by atoms with Gasteiger partial charge in [0.25, 0.3) is 0 Å². The molecule has 0 saturated heterocycles. The number of nitrogens with zero attached hydrogens (tertiary/aromatic N) is 6. The molecule has 7 nitrogen and oxygen atoms in total. The smallest absolute Gasteiger partial charge is 0.293 e. The molecule has 0 aliphatic heterocycles. The van der Waals surface area contributed by atoms with E-state index in [-0.39, 0.29) is 5.69 Å². The topological polar surface area (TPSA) is 100 Å². The fourth-order valence-electron chi connectivity index (χ4n) is 4.14. The zero-order valence-corrected chi connectivity index (χ0v) is 18.9. The Morgan fingerprint density at radius 3 is 2.29 bits per heavy atom. The minimum Gasteiger partial charge on any atom is -0.293 e. The molecule has 34 heavy (non-hydrogen) atoms. The van der Waals surface area contributed by atoms with Gasteiger partial charge in [0, 0.05) is 24.2 Å². The second-order valence-electron chi connectivity index (χ2n) is 8.73. The van der Waals surface area contributed by atoms with Crippen LogP contribution >= 0.6 is 0 Å². The van der Waals surface area contributed by atoms with E-state index in [4.69, 9.17) is 5.26 Å². The fraction of sp³-hybridized carbons (Fsp3) is 0.148. The quantitative estimate of drug-likeness (QED) is 0.404. The highest BCUT2D eigenvalue weighted by Crippen LogP contribution is 2.30. The third kappa shape index (κ3) is 3.23. The number of imidazole rings is 1. The summed E-state index contributed by atoms with van der Waals surface area (Å²) < 4.78 is 3.27. The van der Waals surface area contributed by atoms with Gasteiger partial charge in [-0.1, -0.05) is 18.2 Å². The second kappa shape index (κ2) is 7.68.